The van der Waals surface area contributed by atoms with Gasteiger partial charge in [-0.05, 0) is 18.6 Å². The number of nitrogens with zero attached hydrogens (tertiary/aromatic N) is 2. The summed E-state index contributed by atoms with van der Waals surface area (Å²) < 4.78 is 0. The van der Waals surface area contributed by atoms with Crippen LogP contribution in [0.1, 0.15) is 23.0 Å². The standard InChI is InChI=1S/C14H12N2O4/c1-2-12-11(14(17)18)6-7-13(15-12)9-4-3-5-10(8-9)16(19)20/h3-8H,2H2,1H3,(H,17,18). The third-order valence-corrected chi connectivity index (χ3v) is 2.89. The molecule has 0 aliphatic heterocycles. The molecule has 0 amide bonds. The van der Waals surface area contributed by atoms with Gasteiger partial charge in [0.15, 0.2) is 0 Å². The number of hydrogen-bond donors (Lipinski definition) is 1. The molecule has 1 N–H and O–H groups in total. The molecular weight excluding hydrogens is 260 g/mol. The Morgan fingerprint density at radius 1 is 1.35 bits per heavy atom. The van der Waals surface area contributed by atoms with Gasteiger partial charge in [-0.25, -0.2) is 4.79 Å². The van der Waals surface area contributed by atoms with Gasteiger partial charge in [0.1, 0.15) is 0 Å². The van der Waals surface area contributed by atoms with Gasteiger partial charge < -0.3 is 5.11 Å². The van der Waals surface area contributed by atoms with Crippen molar-refractivity contribution >= 4 is 11.7 Å². The van der Waals surface area contributed by atoms with Crippen molar-refractivity contribution in [1.82, 2.24) is 4.98 Å². The number of aromatic nitrogens is 1. The van der Waals surface area contributed by atoms with Crippen LogP contribution in [0.3, 0.4) is 0 Å². The number of nitro benzene ring substituents is 1. The SMILES string of the molecule is CCc1nc(-c2cccc([N+](=O)[O-])c2)ccc1C(=O)O. The Balaban J connectivity index is 2.50. The summed E-state index contributed by atoms with van der Waals surface area (Å²) in [5, 5.41) is 19.8. The minimum Gasteiger partial charge on any atom is -0.478 e. The first kappa shape index (κ1) is 13.7. The zero-order chi connectivity index (χ0) is 14.7. The normalized spacial score (nSPS) is 10.2. The van der Waals surface area contributed by atoms with E-state index >= 15 is 0 Å². The fraction of sp³-hybridized carbons (Fsp3) is 0.143. The van der Waals surface area contributed by atoms with Gasteiger partial charge in [0.05, 0.1) is 21.9 Å². The van der Waals surface area contributed by atoms with E-state index in [0.717, 1.165) is 0 Å². The lowest BCUT2D eigenvalue weighted by molar-refractivity contribution is -0.384. The molecule has 0 atom stereocenters. The summed E-state index contributed by atoms with van der Waals surface area (Å²) in [6.07, 6.45) is 0.477. The molecule has 20 heavy (non-hydrogen) atoms. The molecule has 0 saturated carbocycles. The number of hydrogen-bond acceptors (Lipinski definition) is 4. The van der Waals surface area contributed by atoms with E-state index in [4.69, 9.17) is 5.11 Å². The lowest BCUT2D eigenvalue weighted by atomic mass is 10.1. The second kappa shape index (κ2) is 5.48. The number of carbonyl (C=O) groups is 1. The molecule has 0 unspecified atom stereocenters. The first-order chi connectivity index (χ1) is 9.52. The van der Waals surface area contributed by atoms with Gasteiger partial charge >= 0.3 is 5.97 Å². The Labute approximate surface area is 114 Å². The summed E-state index contributed by atoms with van der Waals surface area (Å²) in [6, 6.07) is 9.13. The van der Waals surface area contributed by atoms with Crippen molar-refractivity contribution in [3.05, 3.63) is 57.8 Å². The van der Waals surface area contributed by atoms with Crippen LogP contribution in [0.15, 0.2) is 36.4 Å². The molecule has 1 aromatic heterocycles. The zero-order valence-electron chi connectivity index (χ0n) is 10.7. The largest absolute Gasteiger partial charge is 0.478 e. The highest BCUT2D eigenvalue weighted by molar-refractivity contribution is 5.89. The van der Waals surface area contributed by atoms with E-state index in [2.05, 4.69) is 4.98 Å². The summed E-state index contributed by atoms with van der Waals surface area (Å²) in [5.74, 6) is -1.03. The number of nitro groups is 1. The van der Waals surface area contributed by atoms with Crippen LogP contribution in [0.25, 0.3) is 11.3 Å². The van der Waals surface area contributed by atoms with Crippen molar-refractivity contribution in [3.8, 4) is 11.3 Å². The van der Waals surface area contributed by atoms with Crippen LogP contribution in [0, 0.1) is 10.1 Å². The molecule has 2 rings (SSSR count). The van der Waals surface area contributed by atoms with E-state index in [-0.39, 0.29) is 11.3 Å². The van der Waals surface area contributed by atoms with Crippen molar-refractivity contribution in [1.29, 1.82) is 0 Å². The van der Waals surface area contributed by atoms with Crippen LogP contribution in [0.4, 0.5) is 5.69 Å². The zero-order valence-corrected chi connectivity index (χ0v) is 10.7. The first-order valence-electron chi connectivity index (χ1n) is 6.01. The van der Waals surface area contributed by atoms with Crippen molar-refractivity contribution in [2.24, 2.45) is 0 Å². The highest BCUT2D eigenvalue weighted by atomic mass is 16.6. The minimum atomic E-state index is -1.03. The smallest absolute Gasteiger partial charge is 0.337 e. The highest BCUT2D eigenvalue weighted by Gasteiger charge is 2.13. The summed E-state index contributed by atoms with van der Waals surface area (Å²) in [5.41, 5.74) is 1.70. The highest BCUT2D eigenvalue weighted by Crippen LogP contribution is 2.23. The summed E-state index contributed by atoms with van der Waals surface area (Å²) in [6.45, 7) is 1.81. The Hall–Kier alpha value is -2.76. The first-order valence-corrected chi connectivity index (χ1v) is 6.01. The van der Waals surface area contributed by atoms with E-state index in [1.54, 1.807) is 18.2 Å². The molecule has 2 aromatic rings. The second-order valence-electron chi connectivity index (χ2n) is 4.16. The van der Waals surface area contributed by atoms with E-state index in [0.29, 0.717) is 23.4 Å². The van der Waals surface area contributed by atoms with Crippen LogP contribution in [0.5, 0.6) is 0 Å². The second-order valence-corrected chi connectivity index (χ2v) is 4.16. The van der Waals surface area contributed by atoms with Gasteiger partial charge in [-0.15, -0.1) is 0 Å². The number of pyridine rings is 1. The van der Waals surface area contributed by atoms with E-state index in [9.17, 15) is 14.9 Å². The average molecular weight is 272 g/mol. The van der Waals surface area contributed by atoms with Crippen molar-refractivity contribution in [3.63, 3.8) is 0 Å². The van der Waals surface area contributed by atoms with E-state index in [1.807, 2.05) is 6.92 Å². The monoisotopic (exact) mass is 272 g/mol. The van der Waals surface area contributed by atoms with Crippen LogP contribution < -0.4 is 0 Å². The molecule has 6 heteroatoms. The molecule has 6 nitrogen and oxygen atoms in total. The van der Waals surface area contributed by atoms with Crippen LogP contribution in [-0.2, 0) is 6.42 Å². The molecular formula is C14H12N2O4. The van der Waals surface area contributed by atoms with Crippen LogP contribution >= 0.6 is 0 Å². The number of carboxylic acid groups (broad SMARTS) is 1. The van der Waals surface area contributed by atoms with E-state index in [1.165, 1.54) is 18.2 Å². The Morgan fingerprint density at radius 3 is 2.70 bits per heavy atom. The van der Waals surface area contributed by atoms with Crippen molar-refractivity contribution < 1.29 is 14.8 Å². The van der Waals surface area contributed by atoms with Crippen LogP contribution in [-0.4, -0.2) is 21.0 Å². The molecule has 0 fully saturated rings. The summed E-state index contributed by atoms with van der Waals surface area (Å²) >= 11 is 0. The van der Waals surface area contributed by atoms with E-state index < -0.39 is 10.9 Å². The number of non-ortho nitro benzene ring substituents is 1. The molecule has 0 saturated heterocycles. The fourth-order valence-electron chi connectivity index (χ4n) is 1.91. The number of benzene rings is 1. The molecule has 0 radical (unpaired) electrons. The molecule has 0 aliphatic rings. The van der Waals surface area contributed by atoms with Gasteiger partial charge in [0.25, 0.3) is 5.69 Å². The maximum atomic E-state index is 11.0. The summed E-state index contributed by atoms with van der Waals surface area (Å²) in [4.78, 5) is 25.6. The van der Waals surface area contributed by atoms with Gasteiger partial charge in [-0.3, -0.25) is 15.1 Å². The van der Waals surface area contributed by atoms with Crippen molar-refractivity contribution in [2.75, 3.05) is 0 Å². The molecule has 0 spiro atoms. The average Bonchev–Trinajstić information content (AvgIpc) is 2.46. The molecule has 0 bridgehead atoms. The Kier molecular flexibility index (Phi) is 3.74. The van der Waals surface area contributed by atoms with Crippen LogP contribution in [0.2, 0.25) is 0 Å². The number of aryl methyl sites for hydroxylation is 1. The quantitative estimate of drug-likeness (QED) is 0.682. The molecule has 0 aliphatic carbocycles. The lowest BCUT2D eigenvalue weighted by Crippen LogP contribution is -2.04. The molecule has 102 valence electrons. The van der Waals surface area contributed by atoms with Gasteiger partial charge in [-0.2, -0.15) is 0 Å². The molecule has 1 heterocycles. The fourth-order valence-corrected chi connectivity index (χ4v) is 1.91. The van der Waals surface area contributed by atoms with Crippen molar-refractivity contribution in [2.45, 2.75) is 13.3 Å². The van der Waals surface area contributed by atoms with Gasteiger partial charge in [0.2, 0.25) is 0 Å². The van der Waals surface area contributed by atoms with Gasteiger partial charge in [0, 0.05) is 17.7 Å². The van der Waals surface area contributed by atoms with Gasteiger partial charge in [-0.1, -0.05) is 19.1 Å². The summed E-state index contributed by atoms with van der Waals surface area (Å²) in [7, 11) is 0. The predicted octanol–water partition coefficient (Wildman–Crippen LogP) is 2.92. The Bertz CT molecular complexity index is 683. The lowest BCUT2D eigenvalue weighted by Gasteiger charge is -2.06. The molecule has 1 aromatic carbocycles. The number of aromatic carboxylic acids is 1. The number of rotatable bonds is 4. The predicted molar refractivity (Wildman–Crippen MR) is 72.7 cm³/mol. The maximum Gasteiger partial charge on any atom is 0.337 e. The topological polar surface area (TPSA) is 93.3 Å². The third kappa shape index (κ3) is 2.64. The minimum absolute atomic E-state index is 0.0235. The maximum absolute atomic E-state index is 11.0. The third-order valence-electron chi connectivity index (χ3n) is 2.89. The number of carboxylic acids is 1. The Morgan fingerprint density at radius 2 is 2.10 bits per heavy atom.